The Hall–Kier alpha value is -4.16. The van der Waals surface area contributed by atoms with Crippen LogP contribution in [0.3, 0.4) is 0 Å². The molecule has 3 aromatic carbocycles. The van der Waals surface area contributed by atoms with Crippen molar-refractivity contribution in [1.82, 2.24) is 20.2 Å². The SMILES string of the molecule is CCOC(=O)CNC(=O)NCc1ccccc1-c1ccc([C@H]2O[C@@H](CSc3nccn3C)C[C@@H](c3ccc(CO)cc3)O2)cc1. The number of aryl methyl sites for hydroxylation is 1. The number of amides is 2. The lowest BCUT2D eigenvalue weighted by atomic mass is 9.98. The number of urea groups is 1. The van der Waals surface area contributed by atoms with Gasteiger partial charge in [0.25, 0.3) is 0 Å². The van der Waals surface area contributed by atoms with E-state index in [9.17, 15) is 14.7 Å². The summed E-state index contributed by atoms with van der Waals surface area (Å²) in [6.45, 7) is 2.07. The van der Waals surface area contributed by atoms with Gasteiger partial charge in [-0.15, -0.1) is 0 Å². The number of aromatic nitrogens is 2. The van der Waals surface area contributed by atoms with Gasteiger partial charge in [-0.2, -0.15) is 0 Å². The van der Waals surface area contributed by atoms with Crippen LogP contribution in [0, 0.1) is 0 Å². The lowest BCUT2D eigenvalue weighted by Crippen LogP contribution is -2.38. The highest BCUT2D eigenvalue weighted by atomic mass is 32.2. The number of nitrogens with zero attached hydrogens (tertiary/aromatic N) is 2. The van der Waals surface area contributed by atoms with Crippen LogP contribution in [0.5, 0.6) is 0 Å². The molecule has 1 saturated heterocycles. The molecule has 1 fully saturated rings. The predicted octanol–water partition coefficient (Wildman–Crippen LogP) is 5.28. The molecule has 11 heteroatoms. The van der Waals surface area contributed by atoms with Crippen molar-refractivity contribution in [2.45, 2.75) is 50.2 Å². The zero-order chi connectivity index (χ0) is 31.6. The number of hydrogen-bond acceptors (Lipinski definition) is 8. The number of nitrogens with one attached hydrogen (secondary N) is 2. The third kappa shape index (κ3) is 8.73. The number of esters is 1. The number of aliphatic hydroxyl groups is 1. The number of imidazole rings is 1. The Balaban J connectivity index is 1.28. The maximum atomic E-state index is 12.2. The van der Waals surface area contributed by atoms with Gasteiger partial charge in [0.2, 0.25) is 0 Å². The minimum absolute atomic E-state index is 0.00527. The van der Waals surface area contributed by atoms with Crippen LogP contribution in [-0.2, 0) is 39.2 Å². The van der Waals surface area contributed by atoms with Crippen molar-refractivity contribution in [2.75, 3.05) is 18.9 Å². The molecule has 2 heterocycles. The first-order valence-corrected chi connectivity index (χ1v) is 15.9. The molecule has 0 bridgehead atoms. The summed E-state index contributed by atoms with van der Waals surface area (Å²) < 4.78 is 19.8. The summed E-state index contributed by atoms with van der Waals surface area (Å²) >= 11 is 1.66. The Labute approximate surface area is 267 Å². The van der Waals surface area contributed by atoms with Crippen LogP contribution < -0.4 is 10.6 Å². The van der Waals surface area contributed by atoms with E-state index in [0.29, 0.717) is 6.42 Å². The minimum atomic E-state index is -0.567. The maximum absolute atomic E-state index is 12.2. The molecule has 3 atom stereocenters. The van der Waals surface area contributed by atoms with E-state index in [-0.39, 0.29) is 38.5 Å². The Kier molecular flexibility index (Phi) is 11.3. The van der Waals surface area contributed by atoms with Crippen molar-refractivity contribution in [1.29, 1.82) is 0 Å². The number of carbonyl (C=O) groups is 2. The van der Waals surface area contributed by atoms with Crippen LogP contribution in [0.2, 0.25) is 0 Å². The van der Waals surface area contributed by atoms with Gasteiger partial charge in [-0.25, -0.2) is 9.78 Å². The summed E-state index contributed by atoms with van der Waals surface area (Å²) in [5.41, 5.74) is 5.68. The minimum Gasteiger partial charge on any atom is -0.465 e. The van der Waals surface area contributed by atoms with Crippen molar-refractivity contribution in [3.63, 3.8) is 0 Å². The van der Waals surface area contributed by atoms with E-state index in [1.165, 1.54) is 0 Å². The Morgan fingerprint density at radius 1 is 1.02 bits per heavy atom. The fourth-order valence-corrected chi connectivity index (χ4v) is 6.01. The van der Waals surface area contributed by atoms with Crippen molar-refractivity contribution >= 4 is 23.8 Å². The van der Waals surface area contributed by atoms with Crippen molar-refractivity contribution < 1.29 is 28.9 Å². The molecule has 0 unspecified atom stereocenters. The molecule has 1 aromatic heterocycles. The zero-order valence-electron chi connectivity index (χ0n) is 25.3. The van der Waals surface area contributed by atoms with Crippen LogP contribution >= 0.6 is 11.8 Å². The van der Waals surface area contributed by atoms with Crippen LogP contribution in [0.25, 0.3) is 11.1 Å². The van der Waals surface area contributed by atoms with Crippen LogP contribution in [0.4, 0.5) is 4.79 Å². The summed E-state index contributed by atoms with van der Waals surface area (Å²) in [5, 5.41) is 15.7. The molecule has 4 aromatic rings. The van der Waals surface area contributed by atoms with Gasteiger partial charge < -0.3 is 34.5 Å². The molecule has 236 valence electrons. The number of ether oxygens (including phenoxy) is 3. The quantitative estimate of drug-likeness (QED) is 0.143. The molecule has 5 rings (SSSR count). The van der Waals surface area contributed by atoms with Gasteiger partial charge in [0.05, 0.1) is 25.4 Å². The monoisotopic (exact) mass is 630 g/mol. The van der Waals surface area contributed by atoms with E-state index < -0.39 is 18.3 Å². The molecule has 0 spiro atoms. The molecule has 0 radical (unpaired) electrons. The smallest absolute Gasteiger partial charge is 0.325 e. The van der Waals surface area contributed by atoms with E-state index in [4.69, 9.17) is 14.2 Å². The number of rotatable bonds is 12. The second kappa shape index (κ2) is 15.7. The van der Waals surface area contributed by atoms with Crippen molar-refractivity contribution in [3.05, 3.63) is 107 Å². The van der Waals surface area contributed by atoms with Gasteiger partial charge in [0, 0.05) is 43.7 Å². The largest absolute Gasteiger partial charge is 0.465 e. The highest BCUT2D eigenvalue weighted by Crippen LogP contribution is 2.40. The van der Waals surface area contributed by atoms with Gasteiger partial charge in [0.1, 0.15) is 6.54 Å². The molecule has 0 aliphatic carbocycles. The van der Waals surface area contributed by atoms with E-state index in [0.717, 1.165) is 44.3 Å². The third-order valence-corrected chi connectivity index (χ3v) is 8.63. The number of carbonyl (C=O) groups excluding carboxylic acids is 2. The Morgan fingerprint density at radius 2 is 1.78 bits per heavy atom. The lowest BCUT2D eigenvalue weighted by molar-refractivity contribution is -0.245. The number of thioether (sulfide) groups is 1. The molecule has 45 heavy (non-hydrogen) atoms. The average Bonchev–Trinajstić information content (AvgIpc) is 3.50. The van der Waals surface area contributed by atoms with E-state index in [1.54, 1.807) is 24.9 Å². The van der Waals surface area contributed by atoms with Crippen LogP contribution in [-0.4, -0.2) is 51.7 Å². The van der Waals surface area contributed by atoms with Gasteiger partial charge in [0.15, 0.2) is 11.4 Å². The third-order valence-electron chi connectivity index (χ3n) is 7.44. The Bertz CT molecular complexity index is 1560. The van der Waals surface area contributed by atoms with Gasteiger partial charge >= 0.3 is 12.0 Å². The van der Waals surface area contributed by atoms with E-state index in [2.05, 4.69) is 15.6 Å². The summed E-state index contributed by atoms with van der Waals surface area (Å²) in [6, 6.07) is 23.3. The second-order valence-electron chi connectivity index (χ2n) is 10.6. The first kappa shape index (κ1) is 32.2. The highest BCUT2D eigenvalue weighted by Gasteiger charge is 2.32. The zero-order valence-corrected chi connectivity index (χ0v) is 26.2. The molecular formula is C34H38N4O6S. The predicted molar refractivity (Wildman–Crippen MR) is 171 cm³/mol. The van der Waals surface area contributed by atoms with E-state index >= 15 is 0 Å². The summed E-state index contributed by atoms with van der Waals surface area (Å²) in [4.78, 5) is 28.2. The molecule has 0 saturated carbocycles. The molecule has 1 aliphatic heterocycles. The fraction of sp³-hybridized carbons (Fsp3) is 0.324. The first-order valence-electron chi connectivity index (χ1n) is 14.9. The summed E-state index contributed by atoms with van der Waals surface area (Å²) in [7, 11) is 1.98. The highest BCUT2D eigenvalue weighted by molar-refractivity contribution is 7.99. The van der Waals surface area contributed by atoms with Crippen LogP contribution in [0.1, 0.15) is 48.0 Å². The maximum Gasteiger partial charge on any atom is 0.325 e. The topological polar surface area (TPSA) is 124 Å². The summed E-state index contributed by atoms with van der Waals surface area (Å²) in [5.74, 6) is 0.241. The molecular weight excluding hydrogens is 592 g/mol. The lowest BCUT2D eigenvalue weighted by Gasteiger charge is -2.36. The Morgan fingerprint density at radius 3 is 2.49 bits per heavy atom. The fourth-order valence-electron chi connectivity index (χ4n) is 5.06. The number of aliphatic hydroxyl groups excluding tert-OH is 1. The second-order valence-corrected chi connectivity index (χ2v) is 11.6. The first-order chi connectivity index (χ1) is 21.9. The van der Waals surface area contributed by atoms with Gasteiger partial charge in [-0.05, 0) is 34.7 Å². The van der Waals surface area contributed by atoms with E-state index in [1.807, 2.05) is 90.6 Å². The van der Waals surface area contributed by atoms with Crippen molar-refractivity contribution in [2.24, 2.45) is 7.05 Å². The molecule has 10 nitrogen and oxygen atoms in total. The number of hydrogen-bond donors (Lipinski definition) is 3. The molecule has 3 N–H and O–H groups in total. The standard InChI is InChI=1S/C34H38N4O6S/c1-3-42-31(40)20-37-33(41)36-19-27-6-4-5-7-29(27)24-12-14-26(15-13-24)32-43-28(22-45-34-35-16-17-38(34)2)18-30(44-32)25-10-8-23(21-39)9-11-25/h4-17,28,30,32,39H,3,18-22H2,1-2H3,(H2,36,37,41)/t28-,30+,32+/m1/s1. The van der Waals surface area contributed by atoms with Crippen molar-refractivity contribution in [3.8, 4) is 11.1 Å². The van der Waals surface area contributed by atoms with Gasteiger partial charge in [-0.3, -0.25) is 4.79 Å². The summed E-state index contributed by atoms with van der Waals surface area (Å²) in [6.07, 6.45) is 3.59. The normalized spacial score (nSPS) is 17.9. The number of benzene rings is 3. The van der Waals surface area contributed by atoms with Crippen LogP contribution in [0.15, 0.2) is 90.3 Å². The molecule has 1 aliphatic rings. The van der Waals surface area contributed by atoms with Gasteiger partial charge in [-0.1, -0.05) is 84.6 Å². The molecule has 2 amide bonds. The average molecular weight is 631 g/mol.